The van der Waals surface area contributed by atoms with E-state index in [0.717, 1.165) is 18.9 Å². The number of likely N-dealkylation sites (tertiary alicyclic amines) is 1. The smallest absolute Gasteiger partial charge is 0.123 e. The quantitative estimate of drug-likeness (QED) is 0.853. The first-order valence-electron chi connectivity index (χ1n) is 7.50. The molecule has 0 radical (unpaired) electrons. The number of benzene rings is 1. The van der Waals surface area contributed by atoms with Crippen molar-refractivity contribution < 1.29 is 4.74 Å². The van der Waals surface area contributed by atoms with Crippen LogP contribution in [0.25, 0.3) is 0 Å². The van der Waals surface area contributed by atoms with Gasteiger partial charge in [-0.25, -0.2) is 0 Å². The van der Waals surface area contributed by atoms with Crippen LogP contribution < -0.4 is 10.1 Å². The maximum atomic E-state index is 5.66. The van der Waals surface area contributed by atoms with Gasteiger partial charge in [0.15, 0.2) is 0 Å². The molecule has 3 heteroatoms. The Balaban J connectivity index is 1.82. The van der Waals surface area contributed by atoms with Gasteiger partial charge in [0, 0.05) is 18.2 Å². The number of hydrogen-bond donors (Lipinski definition) is 1. The van der Waals surface area contributed by atoms with Gasteiger partial charge >= 0.3 is 0 Å². The molecule has 0 spiro atoms. The van der Waals surface area contributed by atoms with E-state index >= 15 is 0 Å². The van der Waals surface area contributed by atoms with Crippen LogP contribution in [-0.2, 0) is 6.54 Å². The lowest BCUT2D eigenvalue weighted by atomic mass is 10.0. The molecule has 0 aliphatic carbocycles. The minimum Gasteiger partial charge on any atom is -0.494 e. The second kappa shape index (κ2) is 7.51. The van der Waals surface area contributed by atoms with Crippen molar-refractivity contribution >= 4 is 0 Å². The number of hydrogen-bond acceptors (Lipinski definition) is 3. The van der Waals surface area contributed by atoms with E-state index in [1.165, 1.54) is 38.0 Å². The first kappa shape index (κ1) is 14.4. The highest BCUT2D eigenvalue weighted by Gasteiger charge is 2.17. The van der Waals surface area contributed by atoms with Crippen molar-refractivity contribution in [1.29, 1.82) is 0 Å². The molecule has 1 aromatic carbocycles. The van der Waals surface area contributed by atoms with Gasteiger partial charge in [-0.1, -0.05) is 25.1 Å². The van der Waals surface area contributed by atoms with Crippen LogP contribution in [0.1, 0.15) is 32.3 Å². The first-order chi connectivity index (χ1) is 9.33. The largest absolute Gasteiger partial charge is 0.494 e. The number of nitrogens with zero attached hydrogens (tertiary/aromatic N) is 1. The van der Waals surface area contributed by atoms with Crippen LogP contribution in [0.5, 0.6) is 5.75 Å². The highest BCUT2D eigenvalue weighted by Crippen LogP contribution is 2.18. The molecule has 3 nitrogen and oxygen atoms in total. The molecule has 1 saturated heterocycles. The van der Waals surface area contributed by atoms with Crippen molar-refractivity contribution in [2.75, 3.05) is 26.2 Å². The predicted octanol–water partition coefficient (Wildman–Crippen LogP) is 2.66. The molecule has 1 aliphatic heterocycles. The third kappa shape index (κ3) is 4.22. The number of para-hydroxylation sites is 1. The van der Waals surface area contributed by atoms with Gasteiger partial charge in [-0.2, -0.15) is 0 Å². The van der Waals surface area contributed by atoms with E-state index in [0.29, 0.717) is 6.04 Å². The fourth-order valence-corrected chi connectivity index (χ4v) is 2.65. The fraction of sp³-hybridized carbons (Fsp3) is 0.625. The standard InChI is InChI=1S/C16H26N2O/c1-3-18-11-9-15(10-12-18)17-13-14-7-5-6-8-16(14)19-4-2/h5-8,15,17H,3-4,9-13H2,1-2H3. The summed E-state index contributed by atoms with van der Waals surface area (Å²) < 4.78 is 5.66. The Morgan fingerprint density at radius 2 is 1.95 bits per heavy atom. The zero-order valence-electron chi connectivity index (χ0n) is 12.2. The van der Waals surface area contributed by atoms with Crippen molar-refractivity contribution in [3.63, 3.8) is 0 Å². The SMILES string of the molecule is CCOc1ccccc1CNC1CCN(CC)CC1. The van der Waals surface area contributed by atoms with Crippen molar-refractivity contribution in [3.05, 3.63) is 29.8 Å². The maximum Gasteiger partial charge on any atom is 0.123 e. The molecule has 0 atom stereocenters. The molecule has 0 bridgehead atoms. The summed E-state index contributed by atoms with van der Waals surface area (Å²) in [5.74, 6) is 1.02. The van der Waals surface area contributed by atoms with E-state index in [-0.39, 0.29) is 0 Å². The van der Waals surface area contributed by atoms with Gasteiger partial charge in [0.25, 0.3) is 0 Å². The third-order valence-corrected chi connectivity index (χ3v) is 3.89. The van der Waals surface area contributed by atoms with E-state index in [1.807, 2.05) is 13.0 Å². The van der Waals surface area contributed by atoms with E-state index < -0.39 is 0 Å². The van der Waals surface area contributed by atoms with Gasteiger partial charge in [-0.3, -0.25) is 0 Å². The molecule has 1 aromatic rings. The monoisotopic (exact) mass is 262 g/mol. The third-order valence-electron chi connectivity index (χ3n) is 3.89. The second-order valence-corrected chi connectivity index (χ2v) is 5.13. The molecule has 0 unspecified atom stereocenters. The molecule has 1 N–H and O–H groups in total. The molecular weight excluding hydrogens is 236 g/mol. The highest BCUT2D eigenvalue weighted by molar-refractivity contribution is 5.33. The van der Waals surface area contributed by atoms with Crippen molar-refractivity contribution in [2.45, 2.75) is 39.3 Å². The van der Waals surface area contributed by atoms with Crippen LogP contribution in [0.4, 0.5) is 0 Å². The van der Waals surface area contributed by atoms with Crippen LogP contribution in [0, 0.1) is 0 Å². The predicted molar refractivity (Wildman–Crippen MR) is 79.6 cm³/mol. The Morgan fingerprint density at radius 1 is 1.21 bits per heavy atom. The molecule has 1 aliphatic rings. The summed E-state index contributed by atoms with van der Waals surface area (Å²) >= 11 is 0. The summed E-state index contributed by atoms with van der Waals surface area (Å²) in [7, 11) is 0. The van der Waals surface area contributed by atoms with Crippen LogP contribution >= 0.6 is 0 Å². The second-order valence-electron chi connectivity index (χ2n) is 5.13. The Morgan fingerprint density at radius 3 is 2.63 bits per heavy atom. The van der Waals surface area contributed by atoms with E-state index in [2.05, 4.69) is 35.3 Å². The average molecular weight is 262 g/mol. The highest BCUT2D eigenvalue weighted by atomic mass is 16.5. The van der Waals surface area contributed by atoms with Crippen molar-refractivity contribution in [2.24, 2.45) is 0 Å². The van der Waals surface area contributed by atoms with Gasteiger partial charge in [-0.05, 0) is 45.5 Å². The molecular formula is C16H26N2O. The molecule has 1 fully saturated rings. The fourth-order valence-electron chi connectivity index (χ4n) is 2.65. The number of piperidine rings is 1. The molecule has 19 heavy (non-hydrogen) atoms. The molecule has 0 amide bonds. The van der Waals surface area contributed by atoms with Crippen LogP contribution in [0.15, 0.2) is 24.3 Å². The van der Waals surface area contributed by atoms with Crippen LogP contribution in [-0.4, -0.2) is 37.2 Å². The van der Waals surface area contributed by atoms with Crippen molar-refractivity contribution in [1.82, 2.24) is 10.2 Å². The minimum absolute atomic E-state index is 0.650. The number of nitrogens with one attached hydrogen (secondary N) is 1. The zero-order chi connectivity index (χ0) is 13.5. The minimum atomic E-state index is 0.650. The molecule has 2 rings (SSSR count). The molecule has 106 valence electrons. The van der Waals surface area contributed by atoms with Gasteiger partial charge in [0.1, 0.15) is 5.75 Å². The van der Waals surface area contributed by atoms with Gasteiger partial charge < -0.3 is 15.0 Å². The number of rotatable bonds is 6. The lowest BCUT2D eigenvalue weighted by molar-refractivity contribution is 0.205. The van der Waals surface area contributed by atoms with Gasteiger partial charge in [0.05, 0.1) is 6.61 Å². The number of ether oxygens (including phenoxy) is 1. The van der Waals surface area contributed by atoms with E-state index in [1.54, 1.807) is 0 Å². The maximum absolute atomic E-state index is 5.66. The average Bonchev–Trinajstić information content (AvgIpc) is 2.47. The first-order valence-corrected chi connectivity index (χ1v) is 7.50. The lowest BCUT2D eigenvalue weighted by Crippen LogP contribution is -2.42. The zero-order valence-corrected chi connectivity index (χ0v) is 12.2. The Kier molecular flexibility index (Phi) is 5.67. The molecule has 0 saturated carbocycles. The Labute approximate surface area is 116 Å². The Hall–Kier alpha value is -1.06. The summed E-state index contributed by atoms with van der Waals surface area (Å²) in [4.78, 5) is 2.52. The van der Waals surface area contributed by atoms with Crippen molar-refractivity contribution in [3.8, 4) is 5.75 Å². The van der Waals surface area contributed by atoms with Crippen LogP contribution in [0.3, 0.4) is 0 Å². The summed E-state index contributed by atoms with van der Waals surface area (Å²) in [6.45, 7) is 9.54. The Bertz CT molecular complexity index is 373. The summed E-state index contributed by atoms with van der Waals surface area (Å²) in [5.41, 5.74) is 1.27. The molecule has 1 heterocycles. The topological polar surface area (TPSA) is 24.5 Å². The summed E-state index contributed by atoms with van der Waals surface area (Å²) in [5, 5.41) is 3.67. The van der Waals surface area contributed by atoms with E-state index in [9.17, 15) is 0 Å². The lowest BCUT2D eigenvalue weighted by Gasteiger charge is -2.31. The van der Waals surface area contributed by atoms with Gasteiger partial charge in [0.2, 0.25) is 0 Å². The summed E-state index contributed by atoms with van der Waals surface area (Å²) in [6.07, 6.45) is 2.51. The van der Waals surface area contributed by atoms with Gasteiger partial charge in [-0.15, -0.1) is 0 Å². The van der Waals surface area contributed by atoms with Crippen LogP contribution in [0.2, 0.25) is 0 Å². The van der Waals surface area contributed by atoms with E-state index in [4.69, 9.17) is 4.74 Å². The normalized spacial score (nSPS) is 17.6. The molecule has 0 aromatic heterocycles. The summed E-state index contributed by atoms with van der Waals surface area (Å²) in [6, 6.07) is 8.98.